The molecule has 0 aromatic rings. The van der Waals surface area contributed by atoms with Crippen molar-refractivity contribution < 1.29 is 0 Å². The fourth-order valence-corrected chi connectivity index (χ4v) is 3.17. The van der Waals surface area contributed by atoms with Gasteiger partial charge in [-0.3, -0.25) is 0 Å². The van der Waals surface area contributed by atoms with E-state index in [2.05, 4.69) is 25.7 Å². The van der Waals surface area contributed by atoms with Crippen molar-refractivity contribution in [2.24, 2.45) is 17.3 Å². The van der Waals surface area contributed by atoms with Gasteiger partial charge in [0.1, 0.15) is 0 Å². The molecular weight excluding hydrogens is 180 g/mol. The second kappa shape index (κ2) is 3.16. The van der Waals surface area contributed by atoms with Crippen molar-refractivity contribution in [2.45, 2.75) is 26.2 Å². The Labute approximate surface area is 85.7 Å². The lowest BCUT2D eigenvalue weighted by Crippen LogP contribution is -2.23. The fourth-order valence-electron chi connectivity index (χ4n) is 3.08. The first-order valence-corrected chi connectivity index (χ1v) is 5.65. The maximum atomic E-state index is 5.68. The van der Waals surface area contributed by atoms with Crippen LogP contribution < -0.4 is 0 Å². The van der Waals surface area contributed by atoms with Crippen LogP contribution in [0.3, 0.4) is 0 Å². The van der Waals surface area contributed by atoms with Crippen LogP contribution in [0.5, 0.6) is 0 Å². The highest BCUT2D eigenvalue weighted by molar-refractivity contribution is 6.18. The van der Waals surface area contributed by atoms with E-state index in [0.29, 0.717) is 5.88 Å². The van der Waals surface area contributed by atoms with E-state index in [1.807, 2.05) is 0 Å². The fraction of sp³-hybridized carbons (Fsp3) is 0.667. The number of hydrogen-bond acceptors (Lipinski definition) is 0. The number of allylic oxidation sites excluding steroid dienone is 3. The quantitative estimate of drug-likeness (QED) is 0.466. The molecule has 0 radical (unpaired) electrons. The molecule has 3 atom stereocenters. The first-order chi connectivity index (χ1) is 6.18. The summed E-state index contributed by atoms with van der Waals surface area (Å²) in [6.45, 7) is 6.57. The normalized spacial score (nSPS) is 43.7. The standard InChI is InChI=1S/C12H17Cl/c1-9-10-4-5-11(8-10)12(9,2)6-3-7-13/h3,6,10-11H,1,4-5,7-8H2,2H3/t10-,11+,12+/m1/s1. The van der Waals surface area contributed by atoms with Gasteiger partial charge in [-0.05, 0) is 31.1 Å². The molecule has 72 valence electrons. The first kappa shape index (κ1) is 9.33. The number of halogens is 1. The largest absolute Gasteiger partial charge is 0.122 e. The topological polar surface area (TPSA) is 0 Å². The SMILES string of the molecule is C=C1[C@@H]2CC[C@@H](C2)[C@@]1(C)C=CCCl. The zero-order valence-corrected chi connectivity index (χ0v) is 8.98. The lowest BCUT2D eigenvalue weighted by atomic mass is 9.72. The summed E-state index contributed by atoms with van der Waals surface area (Å²) in [5.74, 6) is 2.26. The van der Waals surface area contributed by atoms with Crippen molar-refractivity contribution in [1.82, 2.24) is 0 Å². The molecule has 0 heterocycles. The molecule has 2 fully saturated rings. The van der Waals surface area contributed by atoms with Gasteiger partial charge in [-0.15, -0.1) is 11.6 Å². The average Bonchev–Trinajstić information content (AvgIpc) is 2.68. The van der Waals surface area contributed by atoms with Crippen LogP contribution in [0, 0.1) is 17.3 Å². The monoisotopic (exact) mass is 196 g/mol. The third-order valence-electron chi connectivity index (χ3n) is 4.02. The summed E-state index contributed by atoms with van der Waals surface area (Å²) in [6.07, 6.45) is 8.47. The second-order valence-corrected chi connectivity index (χ2v) is 4.88. The van der Waals surface area contributed by atoms with Gasteiger partial charge >= 0.3 is 0 Å². The number of hydrogen-bond donors (Lipinski definition) is 0. The lowest BCUT2D eigenvalue weighted by molar-refractivity contribution is 0.332. The Kier molecular flexibility index (Phi) is 2.27. The van der Waals surface area contributed by atoms with Gasteiger partial charge in [0, 0.05) is 11.3 Å². The minimum Gasteiger partial charge on any atom is -0.122 e. The molecule has 2 rings (SSSR count). The molecule has 13 heavy (non-hydrogen) atoms. The summed E-state index contributed by atoms with van der Waals surface area (Å²) >= 11 is 5.68. The molecule has 0 aromatic heterocycles. The Balaban J connectivity index is 2.22. The van der Waals surface area contributed by atoms with Crippen molar-refractivity contribution in [1.29, 1.82) is 0 Å². The predicted octanol–water partition coefficient (Wildman–Crippen LogP) is 3.77. The molecule has 0 unspecified atom stereocenters. The van der Waals surface area contributed by atoms with Crippen LogP contribution in [-0.4, -0.2) is 5.88 Å². The third kappa shape index (κ3) is 1.27. The van der Waals surface area contributed by atoms with E-state index < -0.39 is 0 Å². The molecule has 0 saturated heterocycles. The highest BCUT2D eigenvalue weighted by Gasteiger charge is 2.49. The van der Waals surface area contributed by atoms with Crippen molar-refractivity contribution in [3.05, 3.63) is 24.3 Å². The summed E-state index contributed by atoms with van der Waals surface area (Å²) in [5, 5.41) is 0. The molecule has 2 aliphatic rings. The first-order valence-electron chi connectivity index (χ1n) is 5.11. The van der Waals surface area contributed by atoms with Crippen molar-refractivity contribution in [3.8, 4) is 0 Å². The summed E-state index contributed by atoms with van der Waals surface area (Å²) in [4.78, 5) is 0. The number of fused-ring (bicyclic) bond motifs is 2. The summed E-state index contributed by atoms with van der Waals surface area (Å²) in [5.41, 5.74) is 1.71. The van der Waals surface area contributed by atoms with Crippen molar-refractivity contribution in [2.75, 3.05) is 5.88 Å². The Bertz CT molecular complexity index is 254. The highest BCUT2D eigenvalue weighted by Crippen LogP contribution is 2.59. The van der Waals surface area contributed by atoms with E-state index in [1.165, 1.54) is 24.8 Å². The summed E-state index contributed by atoms with van der Waals surface area (Å²) < 4.78 is 0. The van der Waals surface area contributed by atoms with Crippen LogP contribution in [0.15, 0.2) is 24.3 Å². The van der Waals surface area contributed by atoms with Gasteiger partial charge in [0.2, 0.25) is 0 Å². The van der Waals surface area contributed by atoms with Gasteiger partial charge < -0.3 is 0 Å². The zero-order chi connectivity index (χ0) is 9.47. The van der Waals surface area contributed by atoms with Gasteiger partial charge in [-0.1, -0.05) is 31.2 Å². The Morgan fingerprint density at radius 3 is 2.92 bits per heavy atom. The van der Waals surface area contributed by atoms with E-state index in [9.17, 15) is 0 Å². The molecule has 0 nitrogen and oxygen atoms in total. The summed E-state index contributed by atoms with van der Waals surface area (Å²) in [7, 11) is 0. The maximum absolute atomic E-state index is 5.68. The van der Waals surface area contributed by atoms with E-state index in [1.54, 1.807) is 0 Å². The Hall–Kier alpha value is -0.230. The van der Waals surface area contributed by atoms with Crippen LogP contribution in [0.1, 0.15) is 26.2 Å². The van der Waals surface area contributed by atoms with Crippen LogP contribution in [0.4, 0.5) is 0 Å². The Morgan fingerprint density at radius 2 is 2.38 bits per heavy atom. The van der Waals surface area contributed by atoms with Crippen molar-refractivity contribution in [3.63, 3.8) is 0 Å². The number of rotatable bonds is 2. The number of alkyl halides is 1. The van der Waals surface area contributed by atoms with Gasteiger partial charge in [-0.25, -0.2) is 0 Å². The molecule has 2 aliphatic carbocycles. The third-order valence-corrected chi connectivity index (χ3v) is 4.20. The molecule has 0 amide bonds. The van der Waals surface area contributed by atoms with Gasteiger partial charge in [0.15, 0.2) is 0 Å². The lowest BCUT2D eigenvalue weighted by Gasteiger charge is -2.33. The van der Waals surface area contributed by atoms with Crippen molar-refractivity contribution >= 4 is 11.6 Å². The maximum Gasteiger partial charge on any atom is 0.0404 e. The molecule has 0 aliphatic heterocycles. The van der Waals surface area contributed by atoms with E-state index in [-0.39, 0.29) is 5.41 Å². The van der Waals surface area contributed by atoms with Crippen LogP contribution in [-0.2, 0) is 0 Å². The zero-order valence-electron chi connectivity index (χ0n) is 8.22. The molecule has 0 aromatic carbocycles. The smallest absolute Gasteiger partial charge is 0.0404 e. The molecule has 0 N–H and O–H groups in total. The van der Waals surface area contributed by atoms with Crippen LogP contribution in [0.25, 0.3) is 0 Å². The molecule has 0 spiro atoms. The molecule has 2 saturated carbocycles. The summed E-state index contributed by atoms with van der Waals surface area (Å²) in [6, 6.07) is 0. The van der Waals surface area contributed by atoms with Crippen LogP contribution in [0.2, 0.25) is 0 Å². The molecule has 2 bridgehead atoms. The second-order valence-electron chi connectivity index (χ2n) is 4.57. The molecule has 1 heteroatoms. The minimum absolute atomic E-state index is 0.262. The van der Waals surface area contributed by atoms with E-state index in [4.69, 9.17) is 11.6 Å². The van der Waals surface area contributed by atoms with Gasteiger partial charge in [-0.2, -0.15) is 0 Å². The molecular formula is C12H17Cl. The Morgan fingerprint density at radius 1 is 1.62 bits per heavy atom. The van der Waals surface area contributed by atoms with Gasteiger partial charge in [0.05, 0.1) is 0 Å². The van der Waals surface area contributed by atoms with E-state index in [0.717, 1.165) is 11.8 Å². The van der Waals surface area contributed by atoms with Gasteiger partial charge in [0.25, 0.3) is 0 Å². The average molecular weight is 197 g/mol. The minimum atomic E-state index is 0.262. The highest BCUT2D eigenvalue weighted by atomic mass is 35.5. The van der Waals surface area contributed by atoms with Crippen LogP contribution >= 0.6 is 11.6 Å². The predicted molar refractivity (Wildman–Crippen MR) is 57.9 cm³/mol. The van der Waals surface area contributed by atoms with E-state index >= 15 is 0 Å².